The standard InChI is InChI=1S/C11H11N5O4/c1-19-10-13-9(14-11(15-10)20-2)12-7-3-5-8(6-4-7)16(17)18/h3-6H,1-2H3,(H,12,13,14,15). The predicted molar refractivity (Wildman–Crippen MR) is 69.3 cm³/mol. The fraction of sp³-hybridized carbons (Fsp3) is 0.182. The minimum Gasteiger partial charge on any atom is -0.467 e. The third-order valence-electron chi connectivity index (χ3n) is 2.29. The van der Waals surface area contributed by atoms with Gasteiger partial charge in [0.2, 0.25) is 5.95 Å². The highest BCUT2D eigenvalue weighted by molar-refractivity contribution is 5.55. The number of methoxy groups -OCH3 is 2. The molecule has 2 rings (SSSR count). The van der Waals surface area contributed by atoms with Crippen molar-refractivity contribution >= 4 is 17.3 Å². The quantitative estimate of drug-likeness (QED) is 0.646. The molecule has 1 heterocycles. The largest absolute Gasteiger partial charge is 0.467 e. The molecule has 0 aliphatic heterocycles. The van der Waals surface area contributed by atoms with Crippen molar-refractivity contribution < 1.29 is 14.4 Å². The Bertz CT molecular complexity index is 594. The van der Waals surface area contributed by atoms with Crippen molar-refractivity contribution in [2.75, 3.05) is 19.5 Å². The Labute approximate surface area is 113 Å². The first kappa shape index (κ1) is 13.5. The van der Waals surface area contributed by atoms with Crippen LogP contribution in [-0.4, -0.2) is 34.1 Å². The number of rotatable bonds is 5. The van der Waals surface area contributed by atoms with Gasteiger partial charge in [0.1, 0.15) is 0 Å². The zero-order chi connectivity index (χ0) is 14.5. The first-order valence-electron chi connectivity index (χ1n) is 5.48. The van der Waals surface area contributed by atoms with E-state index in [-0.39, 0.29) is 23.7 Å². The second-order valence-corrected chi connectivity index (χ2v) is 3.56. The first-order valence-corrected chi connectivity index (χ1v) is 5.48. The second-order valence-electron chi connectivity index (χ2n) is 3.56. The predicted octanol–water partition coefficient (Wildman–Crippen LogP) is 1.54. The van der Waals surface area contributed by atoms with E-state index in [9.17, 15) is 10.1 Å². The topological polar surface area (TPSA) is 112 Å². The van der Waals surface area contributed by atoms with Crippen molar-refractivity contribution in [1.29, 1.82) is 0 Å². The van der Waals surface area contributed by atoms with Gasteiger partial charge in [0.05, 0.1) is 19.1 Å². The van der Waals surface area contributed by atoms with E-state index in [0.717, 1.165) is 0 Å². The van der Waals surface area contributed by atoms with Gasteiger partial charge in [-0.1, -0.05) is 0 Å². The summed E-state index contributed by atoms with van der Waals surface area (Å²) < 4.78 is 9.83. The van der Waals surface area contributed by atoms with E-state index in [0.29, 0.717) is 5.69 Å². The van der Waals surface area contributed by atoms with Gasteiger partial charge in [0.25, 0.3) is 5.69 Å². The molecule has 0 fully saturated rings. The number of hydrogen-bond donors (Lipinski definition) is 1. The van der Waals surface area contributed by atoms with E-state index in [4.69, 9.17) is 9.47 Å². The third-order valence-corrected chi connectivity index (χ3v) is 2.29. The van der Waals surface area contributed by atoms with Gasteiger partial charge in [-0.25, -0.2) is 0 Å². The molecule has 0 bridgehead atoms. The van der Waals surface area contributed by atoms with Crippen molar-refractivity contribution in [1.82, 2.24) is 15.0 Å². The molecule has 2 aromatic rings. The van der Waals surface area contributed by atoms with Crippen LogP contribution in [0.15, 0.2) is 24.3 Å². The summed E-state index contributed by atoms with van der Waals surface area (Å²) in [5.74, 6) is 0.211. The van der Waals surface area contributed by atoms with Gasteiger partial charge in [-0.3, -0.25) is 10.1 Å². The Balaban J connectivity index is 2.22. The van der Waals surface area contributed by atoms with Crippen LogP contribution in [0.4, 0.5) is 17.3 Å². The van der Waals surface area contributed by atoms with Crippen molar-refractivity contribution in [2.45, 2.75) is 0 Å². The molecule has 0 atom stereocenters. The lowest BCUT2D eigenvalue weighted by Crippen LogP contribution is -2.03. The maximum Gasteiger partial charge on any atom is 0.324 e. The van der Waals surface area contributed by atoms with Crippen molar-refractivity contribution in [3.63, 3.8) is 0 Å². The molecule has 0 spiro atoms. The summed E-state index contributed by atoms with van der Waals surface area (Å²) in [6.07, 6.45) is 0. The van der Waals surface area contributed by atoms with E-state index in [1.54, 1.807) is 12.1 Å². The average Bonchev–Trinajstić information content (AvgIpc) is 2.47. The number of nitrogens with zero attached hydrogens (tertiary/aromatic N) is 4. The van der Waals surface area contributed by atoms with E-state index in [2.05, 4.69) is 20.3 Å². The summed E-state index contributed by atoms with van der Waals surface area (Å²) in [4.78, 5) is 21.9. The Morgan fingerprint density at radius 1 is 1.05 bits per heavy atom. The number of anilines is 2. The monoisotopic (exact) mass is 277 g/mol. The molecule has 9 heteroatoms. The minimum atomic E-state index is -0.473. The first-order chi connectivity index (χ1) is 9.62. The second kappa shape index (κ2) is 5.78. The van der Waals surface area contributed by atoms with E-state index in [1.165, 1.54) is 26.4 Å². The summed E-state index contributed by atoms with van der Waals surface area (Å²) >= 11 is 0. The smallest absolute Gasteiger partial charge is 0.324 e. The van der Waals surface area contributed by atoms with Gasteiger partial charge in [-0.05, 0) is 12.1 Å². The van der Waals surface area contributed by atoms with Crippen LogP contribution in [0.1, 0.15) is 0 Å². The number of benzene rings is 1. The van der Waals surface area contributed by atoms with Crippen molar-refractivity contribution in [2.24, 2.45) is 0 Å². The van der Waals surface area contributed by atoms with Gasteiger partial charge in [0.15, 0.2) is 0 Å². The molecule has 9 nitrogen and oxygen atoms in total. The van der Waals surface area contributed by atoms with Gasteiger partial charge in [0, 0.05) is 17.8 Å². The normalized spacial score (nSPS) is 9.90. The van der Waals surface area contributed by atoms with Gasteiger partial charge in [-0.15, -0.1) is 4.98 Å². The minimum absolute atomic E-state index is 0.00126. The molecule has 0 unspecified atom stereocenters. The fourth-order valence-electron chi connectivity index (χ4n) is 1.37. The van der Waals surface area contributed by atoms with E-state index < -0.39 is 4.92 Å². The zero-order valence-corrected chi connectivity index (χ0v) is 10.7. The number of nitro groups is 1. The molecule has 0 aliphatic rings. The van der Waals surface area contributed by atoms with Crippen LogP contribution in [0.5, 0.6) is 12.0 Å². The number of ether oxygens (including phenoxy) is 2. The van der Waals surface area contributed by atoms with Gasteiger partial charge < -0.3 is 14.8 Å². The molecule has 0 aliphatic carbocycles. The zero-order valence-electron chi connectivity index (χ0n) is 10.7. The molecule has 0 saturated heterocycles. The summed E-state index contributed by atoms with van der Waals surface area (Å²) in [5.41, 5.74) is 0.590. The number of non-ortho nitro benzene ring substituents is 1. The highest BCUT2D eigenvalue weighted by Gasteiger charge is 2.08. The maximum atomic E-state index is 10.6. The Kier molecular flexibility index (Phi) is 3.89. The van der Waals surface area contributed by atoms with Crippen LogP contribution >= 0.6 is 0 Å². The lowest BCUT2D eigenvalue weighted by Gasteiger charge is -2.07. The molecule has 20 heavy (non-hydrogen) atoms. The average molecular weight is 277 g/mol. The lowest BCUT2D eigenvalue weighted by atomic mass is 10.3. The molecule has 0 saturated carbocycles. The molecular formula is C11H11N5O4. The maximum absolute atomic E-state index is 10.6. The van der Waals surface area contributed by atoms with Crippen molar-refractivity contribution in [3.8, 4) is 12.0 Å². The number of nitrogens with one attached hydrogen (secondary N) is 1. The van der Waals surface area contributed by atoms with Gasteiger partial charge >= 0.3 is 12.0 Å². The highest BCUT2D eigenvalue weighted by Crippen LogP contribution is 2.20. The Hall–Kier alpha value is -2.97. The third kappa shape index (κ3) is 3.07. The highest BCUT2D eigenvalue weighted by atomic mass is 16.6. The molecule has 0 amide bonds. The number of nitro benzene ring substituents is 1. The SMILES string of the molecule is COc1nc(Nc2ccc([N+](=O)[O-])cc2)nc(OC)n1. The number of aromatic nitrogens is 3. The van der Waals surface area contributed by atoms with Crippen LogP contribution in [0.3, 0.4) is 0 Å². The molecule has 104 valence electrons. The summed E-state index contributed by atoms with van der Waals surface area (Å²) in [6.45, 7) is 0. The summed E-state index contributed by atoms with van der Waals surface area (Å²) in [7, 11) is 2.84. The number of hydrogen-bond acceptors (Lipinski definition) is 8. The van der Waals surface area contributed by atoms with E-state index >= 15 is 0 Å². The van der Waals surface area contributed by atoms with Crippen LogP contribution in [0.2, 0.25) is 0 Å². The Morgan fingerprint density at radius 3 is 2.05 bits per heavy atom. The van der Waals surface area contributed by atoms with Crippen LogP contribution in [0.25, 0.3) is 0 Å². The molecular weight excluding hydrogens is 266 g/mol. The molecule has 1 aromatic heterocycles. The van der Waals surface area contributed by atoms with Crippen LogP contribution in [0, 0.1) is 10.1 Å². The molecule has 1 N–H and O–H groups in total. The van der Waals surface area contributed by atoms with Crippen LogP contribution in [-0.2, 0) is 0 Å². The van der Waals surface area contributed by atoms with E-state index in [1.807, 2.05) is 0 Å². The summed E-state index contributed by atoms with van der Waals surface area (Å²) in [5, 5.41) is 13.4. The summed E-state index contributed by atoms with van der Waals surface area (Å²) in [6, 6.07) is 6.03. The van der Waals surface area contributed by atoms with Gasteiger partial charge in [-0.2, -0.15) is 9.97 Å². The van der Waals surface area contributed by atoms with Crippen molar-refractivity contribution in [3.05, 3.63) is 34.4 Å². The molecule has 1 aromatic carbocycles. The lowest BCUT2D eigenvalue weighted by molar-refractivity contribution is -0.384. The Morgan fingerprint density at radius 2 is 1.60 bits per heavy atom. The fourth-order valence-corrected chi connectivity index (χ4v) is 1.37. The molecule has 0 radical (unpaired) electrons. The van der Waals surface area contributed by atoms with Crippen LogP contribution < -0.4 is 14.8 Å².